The van der Waals surface area contributed by atoms with Crippen LogP contribution in [0.5, 0.6) is 0 Å². The number of benzene rings is 2. The maximum Gasteiger partial charge on any atom is 0.254 e. The van der Waals surface area contributed by atoms with Crippen LogP contribution in [0.15, 0.2) is 48.5 Å². The normalized spacial score (nSPS) is 22.2. The average Bonchev–Trinajstić information content (AvgIpc) is 3.06. The second kappa shape index (κ2) is 9.08. The molecule has 0 unspecified atom stereocenters. The van der Waals surface area contributed by atoms with Crippen LogP contribution in [0.4, 0.5) is 0 Å². The predicted octanol–water partition coefficient (Wildman–Crippen LogP) is 2.03. The standard InChI is InChI=1S/C23H28N2O5S/c1-16-7-6-10-20(17(16)2)23(26)25-11-21-22(12-25)30-14-19(13-29-21)24-31(27,28)15-18-8-4-3-5-9-18/h3-10,19,21-22,24H,11-15H2,1-2H3/t21-,22-/m0/s1. The zero-order chi connectivity index (χ0) is 22.0. The number of hydrogen-bond donors (Lipinski definition) is 1. The summed E-state index contributed by atoms with van der Waals surface area (Å²) < 4.78 is 39.6. The molecule has 4 rings (SSSR count). The first-order valence-corrected chi connectivity index (χ1v) is 12.1. The van der Waals surface area contributed by atoms with Gasteiger partial charge in [0.1, 0.15) is 12.2 Å². The summed E-state index contributed by atoms with van der Waals surface area (Å²) in [6.07, 6.45) is -0.532. The first-order chi connectivity index (χ1) is 14.8. The van der Waals surface area contributed by atoms with E-state index in [9.17, 15) is 13.2 Å². The molecule has 2 fully saturated rings. The minimum atomic E-state index is -3.52. The van der Waals surface area contributed by atoms with Crippen LogP contribution < -0.4 is 4.72 Å². The molecule has 0 aliphatic carbocycles. The quantitative estimate of drug-likeness (QED) is 0.763. The minimum absolute atomic E-state index is 0.0263. The van der Waals surface area contributed by atoms with Crippen LogP contribution in [0.3, 0.4) is 0 Å². The van der Waals surface area contributed by atoms with E-state index < -0.39 is 16.1 Å². The van der Waals surface area contributed by atoms with Crippen LogP contribution in [-0.4, -0.2) is 63.8 Å². The lowest BCUT2D eigenvalue weighted by Gasteiger charge is -2.20. The van der Waals surface area contributed by atoms with E-state index in [1.165, 1.54) is 0 Å². The maximum absolute atomic E-state index is 13.0. The Morgan fingerprint density at radius 1 is 1.00 bits per heavy atom. The summed E-state index contributed by atoms with van der Waals surface area (Å²) in [6, 6.07) is 14.3. The molecule has 7 nitrogen and oxygen atoms in total. The van der Waals surface area contributed by atoms with Gasteiger partial charge < -0.3 is 14.4 Å². The number of sulfonamides is 1. The summed E-state index contributed by atoms with van der Waals surface area (Å²) in [5.74, 6) is -0.114. The summed E-state index contributed by atoms with van der Waals surface area (Å²) in [5.41, 5.74) is 3.48. The van der Waals surface area contributed by atoms with Gasteiger partial charge in [-0.05, 0) is 36.6 Å². The zero-order valence-electron chi connectivity index (χ0n) is 17.8. The molecule has 0 radical (unpaired) electrons. The molecule has 0 bridgehead atoms. The lowest BCUT2D eigenvalue weighted by atomic mass is 10.0. The van der Waals surface area contributed by atoms with Crippen LogP contribution in [-0.2, 0) is 25.2 Å². The Balaban J connectivity index is 1.34. The minimum Gasteiger partial charge on any atom is -0.372 e. The van der Waals surface area contributed by atoms with Gasteiger partial charge in [-0.25, -0.2) is 13.1 Å². The molecule has 2 aliphatic heterocycles. The van der Waals surface area contributed by atoms with Gasteiger partial charge >= 0.3 is 0 Å². The van der Waals surface area contributed by atoms with E-state index in [1.54, 1.807) is 17.0 Å². The van der Waals surface area contributed by atoms with E-state index in [0.29, 0.717) is 18.7 Å². The highest BCUT2D eigenvalue weighted by molar-refractivity contribution is 7.88. The topological polar surface area (TPSA) is 84.9 Å². The van der Waals surface area contributed by atoms with Crippen molar-refractivity contribution in [2.45, 2.75) is 37.9 Å². The molecule has 8 heteroatoms. The molecule has 1 amide bonds. The van der Waals surface area contributed by atoms with Gasteiger partial charge in [0.05, 0.1) is 25.0 Å². The highest BCUT2D eigenvalue weighted by atomic mass is 32.2. The third-order valence-corrected chi connectivity index (χ3v) is 7.31. The zero-order valence-corrected chi connectivity index (χ0v) is 18.6. The van der Waals surface area contributed by atoms with Crippen LogP contribution in [0.1, 0.15) is 27.0 Å². The third-order valence-electron chi connectivity index (χ3n) is 5.91. The highest BCUT2D eigenvalue weighted by Crippen LogP contribution is 2.24. The van der Waals surface area contributed by atoms with Crippen LogP contribution >= 0.6 is 0 Å². The van der Waals surface area contributed by atoms with E-state index in [-0.39, 0.29) is 37.1 Å². The number of aryl methyl sites for hydroxylation is 1. The lowest BCUT2D eigenvalue weighted by molar-refractivity contribution is -0.00461. The van der Waals surface area contributed by atoms with Crippen molar-refractivity contribution >= 4 is 15.9 Å². The summed E-state index contributed by atoms with van der Waals surface area (Å²) in [6.45, 7) is 5.23. The van der Waals surface area contributed by atoms with E-state index in [2.05, 4.69) is 4.72 Å². The molecule has 2 aromatic carbocycles. The molecule has 2 saturated heterocycles. The second-order valence-electron chi connectivity index (χ2n) is 8.26. The fraction of sp³-hybridized carbons (Fsp3) is 0.435. The summed E-state index contributed by atoms with van der Waals surface area (Å²) in [5, 5.41) is 0. The molecule has 2 aliphatic rings. The molecule has 0 saturated carbocycles. The van der Waals surface area contributed by atoms with Gasteiger partial charge in [-0.2, -0.15) is 0 Å². The number of fused-ring (bicyclic) bond motifs is 1. The first kappa shape index (κ1) is 22.0. The number of rotatable bonds is 5. The summed E-state index contributed by atoms with van der Waals surface area (Å²) >= 11 is 0. The van der Waals surface area contributed by atoms with Gasteiger partial charge in [0.2, 0.25) is 10.0 Å². The Hall–Kier alpha value is -2.26. The number of ether oxygens (including phenoxy) is 2. The van der Waals surface area contributed by atoms with Gasteiger partial charge in [-0.15, -0.1) is 0 Å². The van der Waals surface area contributed by atoms with E-state index in [4.69, 9.17) is 9.47 Å². The average molecular weight is 445 g/mol. The van der Waals surface area contributed by atoms with Crippen LogP contribution in [0.25, 0.3) is 0 Å². The van der Waals surface area contributed by atoms with Gasteiger partial charge in [-0.1, -0.05) is 42.5 Å². The first-order valence-electron chi connectivity index (χ1n) is 10.4. The second-order valence-corrected chi connectivity index (χ2v) is 10.0. The van der Waals surface area contributed by atoms with E-state index in [0.717, 1.165) is 16.7 Å². The molecule has 166 valence electrons. The molecule has 2 atom stereocenters. The Bertz CT molecular complexity index is 1030. The number of nitrogens with one attached hydrogen (secondary N) is 1. The monoisotopic (exact) mass is 444 g/mol. The SMILES string of the molecule is Cc1cccc(C(=O)N2C[C@@H]3OCC(NS(=O)(=O)Cc4ccccc4)CO[C@H]3C2)c1C. The van der Waals surface area contributed by atoms with Gasteiger partial charge in [0, 0.05) is 18.7 Å². The van der Waals surface area contributed by atoms with E-state index >= 15 is 0 Å². The smallest absolute Gasteiger partial charge is 0.254 e. The van der Waals surface area contributed by atoms with Crippen molar-refractivity contribution in [1.82, 2.24) is 9.62 Å². The molecular weight excluding hydrogens is 416 g/mol. The maximum atomic E-state index is 13.0. The largest absolute Gasteiger partial charge is 0.372 e. The number of carbonyl (C=O) groups excluding carboxylic acids is 1. The fourth-order valence-electron chi connectivity index (χ4n) is 4.07. The van der Waals surface area contributed by atoms with Crippen molar-refractivity contribution in [2.24, 2.45) is 0 Å². The fourth-order valence-corrected chi connectivity index (χ4v) is 5.43. The van der Waals surface area contributed by atoms with Crippen LogP contribution in [0.2, 0.25) is 0 Å². The van der Waals surface area contributed by atoms with Crippen molar-refractivity contribution < 1.29 is 22.7 Å². The van der Waals surface area contributed by atoms with Crippen molar-refractivity contribution in [1.29, 1.82) is 0 Å². The van der Waals surface area contributed by atoms with E-state index in [1.807, 2.05) is 50.2 Å². The number of hydrogen-bond acceptors (Lipinski definition) is 5. The molecule has 2 heterocycles. The summed E-state index contributed by atoms with van der Waals surface area (Å²) in [7, 11) is -3.52. The van der Waals surface area contributed by atoms with Gasteiger partial charge in [0.25, 0.3) is 5.91 Å². The van der Waals surface area contributed by atoms with Crippen molar-refractivity contribution in [2.75, 3.05) is 26.3 Å². The van der Waals surface area contributed by atoms with Gasteiger partial charge in [0.15, 0.2) is 0 Å². The van der Waals surface area contributed by atoms with Crippen LogP contribution in [0, 0.1) is 13.8 Å². The Morgan fingerprint density at radius 2 is 1.65 bits per heavy atom. The summed E-state index contributed by atoms with van der Waals surface area (Å²) in [4.78, 5) is 14.8. The number of likely N-dealkylation sites (tertiary alicyclic amines) is 1. The Morgan fingerprint density at radius 3 is 2.29 bits per heavy atom. The molecule has 2 aromatic rings. The van der Waals surface area contributed by atoms with Gasteiger partial charge in [-0.3, -0.25) is 4.79 Å². The molecule has 31 heavy (non-hydrogen) atoms. The molecule has 1 N–H and O–H groups in total. The third kappa shape index (κ3) is 5.15. The molecule has 0 aromatic heterocycles. The predicted molar refractivity (Wildman–Crippen MR) is 117 cm³/mol. The molecule has 0 spiro atoms. The number of amides is 1. The number of nitrogens with zero attached hydrogens (tertiary/aromatic N) is 1. The number of carbonyl (C=O) groups is 1. The van der Waals surface area contributed by atoms with Crippen molar-refractivity contribution in [3.63, 3.8) is 0 Å². The lowest BCUT2D eigenvalue weighted by Crippen LogP contribution is -2.42. The Labute approximate surface area is 183 Å². The highest BCUT2D eigenvalue weighted by Gasteiger charge is 2.40. The van der Waals surface area contributed by atoms with Crippen molar-refractivity contribution in [3.05, 3.63) is 70.8 Å². The molecular formula is C23H28N2O5S. The Kier molecular flexibility index (Phi) is 6.43. The van der Waals surface area contributed by atoms with Crippen molar-refractivity contribution in [3.8, 4) is 0 Å².